The van der Waals surface area contributed by atoms with E-state index >= 15 is 0 Å². The topological polar surface area (TPSA) is 50.4 Å². The molecule has 94 valence electrons. The summed E-state index contributed by atoms with van der Waals surface area (Å²) in [5, 5.41) is 3.13. The Kier molecular flexibility index (Phi) is 6.15. The number of nitrogens with zero attached hydrogens (tertiary/aromatic N) is 1. The zero-order valence-corrected chi connectivity index (χ0v) is 10.8. The molecule has 1 rings (SSSR count). The summed E-state index contributed by atoms with van der Waals surface area (Å²) in [5.74, 6) is 1.23. The normalized spacial score (nSPS) is 11.8. The molecule has 17 heavy (non-hydrogen) atoms. The van der Waals surface area contributed by atoms with E-state index in [0.717, 1.165) is 25.9 Å². The molecule has 3 heteroatoms. The van der Waals surface area contributed by atoms with Crippen molar-refractivity contribution in [3.8, 4) is 0 Å². The molecular weight excluding hydrogens is 210 g/mol. The smallest absolute Gasteiger partial charge is 0.188 e. The fraction of sp³-hybridized carbons (Fsp3) is 0.500. The predicted octanol–water partition coefficient (Wildman–Crippen LogP) is 2.18. The van der Waals surface area contributed by atoms with Crippen molar-refractivity contribution in [3.63, 3.8) is 0 Å². The van der Waals surface area contributed by atoms with Crippen molar-refractivity contribution in [1.82, 2.24) is 5.32 Å². The van der Waals surface area contributed by atoms with Crippen LogP contribution in [0.2, 0.25) is 0 Å². The van der Waals surface area contributed by atoms with Crippen LogP contribution in [0.3, 0.4) is 0 Å². The highest BCUT2D eigenvalue weighted by Crippen LogP contribution is 1.99. The lowest BCUT2D eigenvalue weighted by Crippen LogP contribution is -2.33. The average molecular weight is 233 g/mol. The molecule has 0 saturated heterocycles. The summed E-state index contributed by atoms with van der Waals surface area (Å²) in [6.45, 7) is 6.02. The van der Waals surface area contributed by atoms with Crippen LogP contribution in [0.15, 0.2) is 35.3 Å². The molecule has 0 saturated carbocycles. The van der Waals surface area contributed by atoms with Crippen LogP contribution in [0.4, 0.5) is 0 Å². The van der Waals surface area contributed by atoms with Gasteiger partial charge in [0, 0.05) is 13.1 Å². The molecule has 3 nitrogen and oxygen atoms in total. The van der Waals surface area contributed by atoms with Gasteiger partial charge in [-0.1, -0.05) is 44.2 Å². The van der Waals surface area contributed by atoms with Crippen LogP contribution < -0.4 is 11.1 Å². The van der Waals surface area contributed by atoms with Crippen molar-refractivity contribution in [3.05, 3.63) is 35.9 Å². The van der Waals surface area contributed by atoms with Crippen molar-refractivity contribution >= 4 is 5.96 Å². The fourth-order valence-electron chi connectivity index (χ4n) is 1.48. The molecule has 1 aromatic rings. The minimum absolute atomic E-state index is 0.557. The second-order valence-electron chi connectivity index (χ2n) is 4.61. The molecule has 0 bridgehead atoms. The number of guanidine groups is 1. The van der Waals surface area contributed by atoms with Gasteiger partial charge in [-0.2, -0.15) is 0 Å². The molecule has 0 radical (unpaired) electrons. The second kappa shape index (κ2) is 7.71. The summed E-state index contributed by atoms with van der Waals surface area (Å²) < 4.78 is 0. The van der Waals surface area contributed by atoms with Crippen LogP contribution in [0.5, 0.6) is 0 Å². The Morgan fingerprint density at radius 1 is 1.29 bits per heavy atom. The Morgan fingerprint density at radius 3 is 2.65 bits per heavy atom. The van der Waals surface area contributed by atoms with E-state index in [4.69, 9.17) is 5.73 Å². The summed E-state index contributed by atoms with van der Waals surface area (Å²) in [7, 11) is 0. The summed E-state index contributed by atoms with van der Waals surface area (Å²) in [6.07, 6.45) is 2.06. The lowest BCUT2D eigenvalue weighted by molar-refractivity contribution is 0.595. The molecule has 0 fully saturated rings. The number of benzene rings is 1. The monoisotopic (exact) mass is 233 g/mol. The third kappa shape index (κ3) is 6.61. The molecule has 3 N–H and O–H groups in total. The number of aliphatic imine (C=N–C) groups is 1. The maximum atomic E-state index is 5.76. The van der Waals surface area contributed by atoms with Gasteiger partial charge < -0.3 is 11.1 Å². The minimum atomic E-state index is 0.557. The molecule has 0 spiro atoms. The van der Waals surface area contributed by atoms with E-state index in [9.17, 15) is 0 Å². The first kappa shape index (κ1) is 13.6. The molecule has 0 atom stereocenters. The first-order valence-corrected chi connectivity index (χ1v) is 6.26. The Labute approximate surface area is 104 Å². The van der Waals surface area contributed by atoms with E-state index in [1.807, 2.05) is 6.07 Å². The van der Waals surface area contributed by atoms with Crippen LogP contribution in [0.1, 0.15) is 25.8 Å². The molecule has 0 aromatic heterocycles. The molecule has 0 amide bonds. The Balaban J connectivity index is 2.18. The molecule has 0 aliphatic rings. The van der Waals surface area contributed by atoms with Gasteiger partial charge in [0.05, 0.1) is 0 Å². The van der Waals surface area contributed by atoms with E-state index in [2.05, 4.69) is 48.4 Å². The van der Waals surface area contributed by atoms with Gasteiger partial charge in [0.1, 0.15) is 0 Å². The SMILES string of the molecule is CC(C)CCN=C(N)NCCc1ccccc1. The van der Waals surface area contributed by atoms with Gasteiger partial charge in [0.2, 0.25) is 0 Å². The second-order valence-corrected chi connectivity index (χ2v) is 4.61. The largest absolute Gasteiger partial charge is 0.370 e. The third-order valence-electron chi connectivity index (χ3n) is 2.55. The van der Waals surface area contributed by atoms with E-state index in [1.165, 1.54) is 5.56 Å². The number of rotatable bonds is 6. The first-order chi connectivity index (χ1) is 8.18. The zero-order chi connectivity index (χ0) is 12.5. The van der Waals surface area contributed by atoms with Gasteiger partial charge in [-0.25, -0.2) is 0 Å². The summed E-state index contributed by atoms with van der Waals surface area (Å²) in [4.78, 5) is 4.28. The highest BCUT2D eigenvalue weighted by atomic mass is 15.1. The Morgan fingerprint density at radius 2 is 2.00 bits per heavy atom. The molecule has 1 aromatic carbocycles. The molecule has 0 aliphatic carbocycles. The van der Waals surface area contributed by atoms with Gasteiger partial charge in [-0.3, -0.25) is 4.99 Å². The van der Waals surface area contributed by atoms with Gasteiger partial charge >= 0.3 is 0 Å². The summed E-state index contributed by atoms with van der Waals surface area (Å²) in [5.41, 5.74) is 7.08. The van der Waals surface area contributed by atoms with Crippen LogP contribution in [0, 0.1) is 5.92 Å². The molecule has 0 unspecified atom stereocenters. The van der Waals surface area contributed by atoms with Crippen molar-refractivity contribution < 1.29 is 0 Å². The van der Waals surface area contributed by atoms with E-state index in [-0.39, 0.29) is 0 Å². The minimum Gasteiger partial charge on any atom is -0.370 e. The maximum absolute atomic E-state index is 5.76. The summed E-state index contributed by atoms with van der Waals surface area (Å²) >= 11 is 0. The van der Waals surface area contributed by atoms with Crippen LogP contribution in [-0.2, 0) is 6.42 Å². The molecular formula is C14H23N3. The third-order valence-corrected chi connectivity index (χ3v) is 2.55. The van der Waals surface area contributed by atoms with Gasteiger partial charge in [0.25, 0.3) is 0 Å². The van der Waals surface area contributed by atoms with Crippen molar-refractivity contribution in [2.45, 2.75) is 26.7 Å². The van der Waals surface area contributed by atoms with Crippen molar-refractivity contribution in [2.75, 3.05) is 13.1 Å². The van der Waals surface area contributed by atoms with Gasteiger partial charge in [0.15, 0.2) is 5.96 Å². The maximum Gasteiger partial charge on any atom is 0.188 e. The molecule has 0 aliphatic heterocycles. The number of hydrogen-bond donors (Lipinski definition) is 2. The number of hydrogen-bond acceptors (Lipinski definition) is 1. The van der Waals surface area contributed by atoms with Gasteiger partial charge in [-0.15, -0.1) is 0 Å². The Hall–Kier alpha value is -1.51. The highest BCUT2D eigenvalue weighted by molar-refractivity contribution is 5.77. The summed E-state index contributed by atoms with van der Waals surface area (Å²) in [6, 6.07) is 10.4. The first-order valence-electron chi connectivity index (χ1n) is 6.26. The van der Waals surface area contributed by atoms with Crippen LogP contribution >= 0.6 is 0 Å². The van der Waals surface area contributed by atoms with Crippen molar-refractivity contribution in [1.29, 1.82) is 0 Å². The lowest BCUT2D eigenvalue weighted by Gasteiger charge is -2.06. The molecule has 0 heterocycles. The standard InChI is InChI=1S/C14H23N3/c1-12(2)8-10-16-14(15)17-11-9-13-6-4-3-5-7-13/h3-7,12H,8-11H2,1-2H3,(H3,15,16,17). The number of nitrogens with one attached hydrogen (secondary N) is 1. The van der Waals surface area contributed by atoms with E-state index < -0.39 is 0 Å². The average Bonchev–Trinajstić information content (AvgIpc) is 2.30. The lowest BCUT2D eigenvalue weighted by atomic mass is 10.1. The van der Waals surface area contributed by atoms with E-state index in [0.29, 0.717) is 11.9 Å². The quantitative estimate of drug-likeness (QED) is 0.584. The fourth-order valence-corrected chi connectivity index (χ4v) is 1.48. The van der Waals surface area contributed by atoms with Crippen LogP contribution in [-0.4, -0.2) is 19.0 Å². The number of nitrogens with two attached hydrogens (primary N) is 1. The van der Waals surface area contributed by atoms with Crippen molar-refractivity contribution in [2.24, 2.45) is 16.6 Å². The van der Waals surface area contributed by atoms with E-state index in [1.54, 1.807) is 0 Å². The Bertz CT molecular complexity index is 331. The van der Waals surface area contributed by atoms with Crippen LogP contribution in [0.25, 0.3) is 0 Å². The highest BCUT2D eigenvalue weighted by Gasteiger charge is 1.95. The zero-order valence-electron chi connectivity index (χ0n) is 10.8. The predicted molar refractivity (Wildman–Crippen MR) is 74.1 cm³/mol. The van der Waals surface area contributed by atoms with Gasteiger partial charge in [-0.05, 0) is 24.3 Å².